The summed E-state index contributed by atoms with van der Waals surface area (Å²) in [5, 5.41) is 16.5. The summed E-state index contributed by atoms with van der Waals surface area (Å²) in [6.07, 6.45) is 0. The topological polar surface area (TPSA) is 63.8 Å². The van der Waals surface area contributed by atoms with Gasteiger partial charge in [0.05, 0.1) is 22.1 Å². The van der Waals surface area contributed by atoms with Crippen molar-refractivity contribution in [2.45, 2.75) is 6.54 Å². The van der Waals surface area contributed by atoms with Gasteiger partial charge in [-0.3, -0.25) is 0 Å². The summed E-state index contributed by atoms with van der Waals surface area (Å²) in [6.45, 7) is 0.529. The predicted molar refractivity (Wildman–Crippen MR) is 109 cm³/mol. The van der Waals surface area contributed by atoms with E-state index in [1.54, 1.807) is 12.1 Å². The molecule has 0 saturated carbocycles. The first-order chi connectivity index (χ1) is 13.1. The largest absolute Gasteiger partial charge is 0.493 e. The molecule has 1 N–H and O–H groups in total. The molecule has 136 valence electrons. The Morgan fingerprint density at radius 2 is 1.81 bits per heavy atom. The van der Waals surface area contributed by atoms with Crippen LogP contribution < -0.4 is 4.74 Å². The molecule has 0 fully saturated rings. The smallest absolute Gasteiger partial charge is 0.222 e. The van der Waals surface area contributed by atoms with Crippen molar-refractivity contribution < 1.29 is 9.84 Å². The van der Waals surface area contributed by atoms with Gasteiger partial charge in [-0.1, -0.05) is 53.5 Å². The molecule has 3 aromatic carbocycles. The first kappa shape index (κ1) is 17.6. The van der Waals surface area contributed by atoms with Crippen molar-refractivity contribution >= 4 is 50.6 Å². The lowest BCUT2D eigenvalue weighted by atomic mass is 10.1. The van der Waals surface area contributed by atoms with E-state index in [0.717, 1.165) is 10.8 Å². The minimum atomic E-state index is -0.258. The van der Waals surface area contributed by atoms with Gasteiger partial charge in [-0.15, -0.1) is 4.91 Å². The van der Waals surface area contributed by atoms with E-state index in [2.05, 4.69) is 5.18 Å². The fraction of sp³-hybridized carbons (Fsp3) is 0.100. The summed E-state index contributed by atoms with van der Waals surface area (Å²) >= 11 is 12.4. The van der Waals surface area contributed by atoms with Gasteiger partial charge in [-0.2, -0.15) is 0 Å². The number of ether oxygens (including phenoxy) is 1. The highest BCUT2D eigenvalue weighted by Gasteiger charge is 2.21. The third-order valence-electron chi connectivity index (χ3n) is 4.46. The molecule has 0 amide bonds. The first-order valence-electron chi connectivity index (χ1n) is 8.24. The van der Waals surface area contributed by atoms with Crippen LogP contribution in [0.3, 0.4) is 0 Å². The molecule has 0 saturated heterocycles. The van der Waals surface area contributed by atoms with E-state index in [1.807, 2.05) is 42.5 Å². The Bertz CT molecular complexity index is 1170. The highest BCUT2D eigenvalue weighted by molar-refractivity contribution is 6.45. The minimum Gasteiger partial charge on any atom is -0.493 e. The molecule has 0 unspecified atom stereocenters. The molecule has 27 heavy (non-hydrogen) atoms. The van der Waals surface area contributed by atoms with Crippen LogP contribution in [-0.2, 0) is 6.54 Å². The second-order valence-electron chi connectivity index (χ2n) is 6.03. The molecular formula is C20H14Cl2N2O3. The second kappa shape index (κ2) is 7.10. The monoisotopic (exact) mass is 400 g/mol. The van der Waals surface area contributed by atoms with Crippen LogP contribution >= 0.6 is 23.2 Å². The highest BCUT2D eigenvalue weighted by atomic mass is 35.5. The molecule has 5 nitrogen and oxygen atoms in total. The molecule has 0 aliphatic rings. The Morgan fingerprint density at radius 1 is 1.04 bits per heavy atom. The first-order valence-corrected chi connectivity index (χ1v) is 9.00. The Balaban J connectivity index is 1.62. The van der Waals surface area contributed by atoms with Crippen LogP contribution in [0.4, 0.5) is 5.69 Å². The van der Waals surface area contributed by atoms with E-state index in [-0.39, 0.29) is 29.7 Å². The number of fused-ring (bicyclic) bond motifs is 2. The van der Waals surface area contributed by atoms with Crippen LogP contribution in [0.25, 0.3) is 21.7 Å². The normalized spacial score (nSPS) is 11.2. The molecule has 1 heterocycles. The van der Waals surface area contributed by atoms with Gasteiger partial charge in [-0.05, 0) is 40.2 Å². The summed E-state index contributed by atoms with van der Waals surface area (Å²) in [5.41, 5.74) is 0.396. The number of hydrogen-bond donors (Lipinski definition) is 1. The number of hydrogen-bond acceptors (Lipinski definition) is 4. The van der Waals surface area contributed by atoms with Gasteiger partial charge < -0.3 is 14.4 Å². The maximum Gasteiger partial charge on any atom is 0.222 e. The maximum atomic E-state index is 11.1. The lowest BCUT2D eigenvalue weighted by Gasteiger charge is -2.11. The standard InChI is InChI=1S/C20H14Cl2N2O3/c21-16-8-7-15-18(23-26)20(25)24(19(15)17(16)22)9-10-27-14-6-5-12-3-1-2-4-13(12)11-14/h1-8,11,25H,9-10H2. The van der Waals surface area contributed by atoms with Gasteiger partial charge in [0, 0.05) is 5.39 Å². The highest BCUT2D eigenvalue weighted by Crippen LogP contribution is 2.43. The molecule has 0 spiro atoms. The molecular weight excluding hydrogens is 387 g/mol. The van der Waals surface area contributed by atoms with Gasteiger partial charge in [-0.25, -0.2) is 0 Å². The molecule has 4 aromatic rings. The number of aromatic nitrogens is 1. The number of rotatable bonds is 5. The lowest BCUT2D eigenvalue weighted by Crippen LogP contribution is -2.08. The van der Waals surface area contributed by atoms with Gasteiger partial charge in [0.2, 0.25) is 5.88 Å². The zero-order valence-electron chi connectivity index (χ0n) is 14.0. The number of nitrogens with zero attached hydrogens (tertiary/aromatic N) is 2. The van der Waals surface area contributed by atoms with Gasteiger partial charge in [0.15, 0.2) is 5.69 Å². The van der Waals surface area contributed by atoms with Gasteiger partial charge in [0.1, 0.15) is 12.4 Å². The lowest BCUT2D eigenvalue weighted by molar-refractivity contribution is 0.291. The average Bonchev–Trinajstić information content (AvgIpc) is 2.96. The Labute approximate surface area is 164 Å². The second-order valence-corrected chi connectivity index (χ2v) is 6.82. The summed E-state index contributed by atoms with van der Waals surface area (Å²) in [6, 6.07) is 17.0. The van der Waals surface area contributed by atoms with Gasteiger partial charge >= 0.3 is 0 Å². The zero-order chi connectivity index (χ0) is 19.0. The third-order valence-corrected chi connectivity index (χ3v) is 5.25. The van der Waals surface area contributed by atoms with E-state index in [4.69, 9.17) is 27.9 Å². The van der Waals surface area contributed by atoms with Crippen LogP contribution in [-0.4, -0.2) is 16.3 Å². The predicted octanol–water partition coefficient (Wildman–Crippen LogP) is 6.28. The Morgan fingerprint density at radius 3 is 2.59 bits per heavy atom. The SMILES string of the molecule is O=Nc1c(O)n(CCOc2ccc3ccccc3c2)c2c(Cl)c(Cl)ccc12. The summed E-state index contributed by atoms with van der Waals surface area (Å²) in [5.74, 6) is 0.453. The van der Waals surface area contributed by atoms with E-state index in [1.165, 1.54) is 4.57 Å². The van der Waals surface area contributed by atoms with Crippen molar-refractivity contribution in [1.29, 1.82) is 0 Å². The molecule has 0 aliphatic carbocycles. The zero-order valence-corrected chi connectivity index (χ0v) is 15.5. The van der Waals surface area contributed by atoms with E-state index >= 15 is 0 Å². The van der Waals surface area contributed by atoms with Crippen LogP contribution in [0.5, 0.6) is 11.6 Å². The Hall–Kier alpha value is -2.76. The van der Waals surface area contributed by atoms with E-state index in [0.29, 0.717) is 21.7 Å². The summed E-state index contributed by atoms with van der Waals surface area (Å²) < 4.78 is 7.31. The molecule has 7 heteroatoms. The number of benzene rings is 3. The fourth-order valence-electron chi connectivity index (χ4n) is 3.17. The van der Waals surface area contributed by atoms with E-state index < -0.39 is 0 Å². The van der Waals surface area contributed by atoms with Crippen LogP contribution in [0, 0.1) is 4.91 Å². The molecule has 4 rings (SSSR count). The summed E-state index contributed by atoms with van der Waals surface area (Å²) in [4.78, 5) is 11.1. The van der Waals surface area contributed by atoms with Crippen molar-refractivity contribution in [3.8, 4) is 11.6 Å². The molecule has 0 radical (unpaired) electrons. The summed E-state index contributed by atoms with van der Waals surface area (Å²) in [7, 11) is 0. The van der Waals surface area contributed by atoms with Crippen LogP contribution in [0.2, 0.25) is 10.0 Å². The number of nitroso groups, excluding NO2 is 1. The number of halogens is 2. The molecule has 0 aliphatic heterocycles. The van der Waals surface area contributed by atoms with Crippen molar-refractivity contribution in [3.63, 3.8) is 0 Å². The van der Waals surface area contributed by atoms with Crippen molar-refractivity contribution in [1.82, 2.24) is 4.57 Å². The molecule has 0 atom stereocenters. The molecule has 1 aromatic heterocycles. The number of aromatic hydroxyl groups is 1. The van der Waals surface area contributed by atoms with E-state index in [9.17, 15) is 10.0 Å². The van der Waals surface area contributed by atoms with Crippen LogP contribution in [0.1, 0.15) is 0 Å². The minimum absolute atomic E-state index is 0.0609. The van der Waals surface area contributed by atoms with Gasteiger partial charge in [0.25, 0.3) is 0 Å². The molecule has 0 bridgehead atoms. The van der Waals surface area contributed by atoms with Crippen LogP contribution in [0.15, 0.2) is 59.8 Å². The fourth-order valence-corrected chi connectivity index (χ4v) is 3.59. The van der Waals surface area contributed by atoms with Crippen molar-refractivity contribution in [2.24, 2.45) is 5.18 Å². The van der Waals surface area contributed by atoms with Crippen molar-refractivity contribution in [3.05, 3.63) is 69.5 Å². The average molecular weight is 401 g/mol. The maximum absolute atomic E-state index is 11.1. The quantitative estimate of drug-likeness (QED) is 0.400. The van der Waals surface area contributed by atoms with Crippen molar-refractivity contribution in [2.75, 3.05) is 6.61 Å². The Kier molecular flexibility index (Phi) is 4.64. The third kappa shape index (κ3) is 3.09.